The molecule has 0 saturated carbocycles. The highest BCUT2D eigenvalue weighted by atomic mass is 32.1. The Hall–Kier alpha value is -1.99. The summed E-state index contributed by atoms with van der Waals surface area (Å²) in [6.45, 7) is 0. The van der Waals surface area contributed by atoms with Crippen molar-refractivity contribution in [3.8, 4) is 11.1 Å². The van der Waals surface area contributed by atoms with Crippen LogP contribution in [0.4, 0.5) is 0 Å². The van der Waals surface area contributed by atoms with Crippen LogP contribution in [0.3, 0.4) is 0 Å². The highest BCUT2D eigenvalue weighted by molar-refractivity contribution is 7.80. The van der Waals surface area contributed by atoms with Crippen molar-refractivity contribution in [1.29, 1.82) is 0 Å². The molecule has 0 N–H and O–H groups in total. The molecule has 1 aliphatic carbocycles. The van der Waals surface area contributed by atoms with Crippen LogP contribution in [0.2, 0.25) is 0 Å². The molecule has 4 rings (SSSR count). The van der Waals surface area contributed by atoms with Gasteiger partial charge in [-0.2, -0.15) is 0 Å². The standard InChI is InChI=1S/C20H16S/c21-17-10-8-14(9-11-17)12-15-5-3-7-19-18-6-2-1-4-16(18)13-20(15)19/h1-11,21H,12-13H2. The van der Waals surface area contributed by atoms with E-state index in [4.69, 9.17) is 0 Å². The molecule has 1 aliphatic rings. The molecule has 0 atom stereocenters. The summed E-state index contributed by atoms with van der Waals surface area (Å²) in [5, 5.41) is 0. The molecule has 21 heavy (non-hydrogen) atoms. The van der Waals surface area contributed by atoms with Crippen molar-refractivity contribution in [1.82, 2.24) is 0 Å². The van der Waals surface area contributed by atoms with E-state index in [9.17, 15) is 0 Å². The number of benzene rings is 3. The maximum Gasteiger partial charge on any atom is 0.00401 e. The molecule has 3 aromatic rings. The van der Waals surface area contributed by atoms with Crippen LogP contribution in [0.1, 0.15) is 22.3 Å². The van der Waals surface area contributed by atoms with Gasteiger partial charge in [0.2, 0.25) is 0 Å². The predicted octanol–water partition coefficient (Wildman–Crippen LogP) is 5.14. The van der Waals surface area contributed by atoms with E-state index < -0.39 is 0 Å². The Morgan fingerprint density at radius 3 is 2.38 bits per heavy atom. The van der Waals surface area contributed by atoms with E-state index in [1.165, 1.54) is 33.4 Å². The van der Waals surface area contributed by atoms with Gasteiger partial charge < -0.3 is 0 Å². The maximum atomic E-state index is 4.36. The highest BCUT2D eigenvalue weighted by Crippen LogP contribution is 2.38. The van der Waals surface area contributed by atoms with E-state index in [0.717, 1.165) is 17.7 Å². The van der Waals surface area contributed by atoms with Crippen molar-refractivity contribution in [2.24, 2.45) is 0 Å². The van der Waals surface area contributed by atoms with E-state index in [0.29, 0.717) is 0 Å². The third-order valence-corrected chi connectivity index (χ3v) is 4.58. The van der Waals surface area contributed by atoms with Gasteiger partial charge in [-0.15, -0.1) is 12.6 Å². The van der Waals surface area contributed by atoms with Crippen molar-refractivity contribution >= 4 is 12.6 Å². The van der Waals surface area contributed by atoms with Crippen LogP contribution >= 0.6 is 12.6 Å². The van der Waals surface area contributed by atoms with Crippen molar-refractivity contribution < 1.29 is 0 Å². The largest absolute Gasteiger partial charge is 0.143 e. The van der Waals surface area contributed by atoms with E-state index >= 15 is 0 Å². The second-order valence-corrected chi connectivity index (χ2v) is 6.14. The number of thiol groups is 1. The average Bonchev–Trinajstić information content (AvgIpc) is 2.89. The Balaban J connectivity index is 1.74. The first-order valence-electron chi connectivity index (χ1n) is 7.28. The topological polar surface area (TPSA) is 0 Å². The summed E-state index contributed by atoms with van der Waals surface area (Å²) >= 11 is 4.36. The molecule has 0 radical (unpaired) electrons. The lowest BCUT2D eigenvalue weighted by Crippen LogP contribution is -1.94. The third-order valence-electron chi connectivity index (χ3n) is 4.28. The smallest absolute Gasteiger partial charge is 0.00401 e. The molecule has 3 aromatic carbocycles. The van der Waals surface area contributed by atoms with Gasteiger partial charge in [-0.25, -0.2) is 0 Å². The monoisotopic (exact) mass is 288 g/mol. The molecule has 0 nitrogen and oxygen atoms in total. The van der Waals surface area contributed by atoms with Crippen LogP contribution < -0.4 is 0 Å². The molecule has 0 heterocycles. The molecule has 0 amide bonds. The molecule has 1 heteroatoms. The minimum Gasteiger partial charge on any atom is -0.143 e. The van der Waals surface area contributed by atoms with E-state index in [1.807, 2.05) is 0 Å². The summed E-state index contributed by atoms with van der Waals surface area (Å²) < 4.78 is 0. The SMILES string of the molecule is Sc1ccc(Cc2cccc3c2Cc2ccccc2-3)cc1. The quantitative estimate of drug-likeness (QED) is 0.485. The Morgan fingerprint density at radius 1 is 0.762 bits per heavy atom. The van der Waals surface area contributed by atoms with Gasteiger partial charge in [0.1, 0.15) is 0 Å². The lowest BCUT2D eigenvalue weighted by atomic mass is 9.96. The van der Waals surface area contributed by atoms with Crippen LogP contribution in [0.25, 0.3) is 11.1 Å². The van der Waals surface area contributed by atoms with Crippen LogP contribution in [-0.2, 0) is 12.8 Å². The Bertz CT molecular complexity index is 800. The Morgan fingerprint density at radius 2 is 1.52 bits per heavy atom. The molecule has 0 unspecified atom stereocenters. The Labute approximate surface area is 130 Å². The molecule has 0 aromatic heterocycles. The van der Waals surface area contributed by atoms with Crippen molar-refractivity contribution in [2.75, 3.05) is 0 Å². The zero-order chi connectivity index (χ0) is 14.2. The molecule has 102 valence electrons. The number of hydrogen-bond acceptors (Lipinski definition) is 1. The van der Waals surface area contributed by atoms with Crippen molar-refractivity contribution in [3.63, 3.8) is 0 Å². The van der Waals surface area contributed by atoms with E-state index in [1.54, 1.807) is 0 Å². The predicted molar refractivity (Wildman–Crippen MR) is 91.2 cm³/mol. The first-order chi connectivity index (χ1) is 10.3. The first-order valence-corrected chi connectivity index (χ1v) is 7.73. The van der Waals surface area contributed by atoms with Gasteiger partial charge in [0, 0.05) is 4.90 Å². The zero-order valence-electron chi connectivity index (χ0n) is 11.7. The second kappa shape index (κ2) is 5.09. The summed E-state index contributed by atoms with van der Waals surface area (Å²) in [6, 6.07) is 23.9. The van der Waals surface area contributed by atoms with Crippen LogP contribution in [-0.4, -0.2) is 0 Å². The lowest BCUT2D eigenvalue weighted by Gasteiger charge is -2.09. The fourth-order valence-electron chi connectivity index (χ4n) is 3.22. The van der Waals surface area contributed by atoms with Crippen molar-refractivity contribution in [2.45, 2.75) is 17.7 Å². The van der Waals surface area contributed by atoms with Gasteiger partial charge in [-0.05, 0) is 58.4 Å². The van der Waals surface area contributed by atoms with Gasteiger partial charge in [0.15, 0.2) is 0 Å². The normalized spacial score (nSPS) is 12.0. The zero-order valence-corrected chi connectivity index (χ0v) is 12.6. The number of rotatable bonds is 2. The minimum absolute atomic E-state index is 0.991. The fourth-order valence-corrected chi connectivity index (χ4v) is 3.37. The fraction of sp³-hybridized carbons (Fsp3) is 0.100. The summed E-state index contributed by atoms with van der Waals surface area (Å²) in [4.78, 5) is 1.02. The molecule has 0 aliphatic heterocycles. The first kappa shape index (κ1) is 12.7. The Kier molecular flexibility index (Phi) is 3.08. The maximum absolute atomic E-state index is 4.36. The van der Waals surface area contributed by atoms with Gasteiger partial charge in [0.25, 0.3) is 0 Å². The molecule has 0 saturated heterocycles. The summed E-state index contributed by atoms with van der Waals surface area (Å²) in [6.07, 6.45) is 2.05. The van der Waals surface area contributed by atoms with Crippen LogP contribution in [0.5, 0.6) is 0 Å². The number of fused-ring (bicyclic) bond motifs is 3. The lowest BCUT2D eigenvalue weighted by molar-refractivity contribution is 1.12. The molecule has 0 spiro atoms. The summed E-state index contributed by atoms with van der Waals surface area (Å²) in [5.74, 6) is 0. The minimum atomic E-state index is 0.991. The summed E-state index contributed by atoms with van der Waals surface area (Å²) in [7, 11) is 0. The van der Waals surface area contributed by atoms with Crippen LogP contribution in [0, 0.1) is 0 Å². The van der Waals surface area contributed by atoms with Gasteiger partial charge in [-0.3, -0.25) is 0 Å². The summed E-state index contributed by atoms with van der Waals surface area (Å²) in [5.41, 5.74) is 8.54. The van der Waals surface area contributed by atoms with Gasteiger partial charge in [0.05, 0.1) is 0 Å². The number of hydrogen-bond donors (Lipinski definition) is 1. The second-order valence-electron chi connectivity index (χ2n) is 5.62. The average molecular weight is 288 g/mol. The van der Waals surface area contributed by atoms with E-state index in [-0.39, 0.29) is 0 Å². The van der Waals surface area contributed by atoms with Crippen LogP contribution in [0.15, 0.2) is 71.6 Å². The van der Waals surface area contributed by atoms with Gasteiger partial charge in [-0.1, -0.05) is 54.6 Å². The molecular weight excluding hydrogens is 272 g/mol. The third kappa shape index (κ3) is 2.28. The molecule has 0 bridgehead atoms. The van der Waals surface area contributed by atoms with E-state index in [2.05, 4.69) is 79.4 Å². The van der Waals surface area contributed by atoms with Gasteiger partial charge >= 0.3 is 0 Å². The molecular formula is C20H16S. The van der Waals surface area contributed by atoms with Crippen molar-refractivity contribution in [3.05, 3.63) is 89.0 Å². The highest BCUT2D eigenvalue weighted by Gasteiger charge is 2.20. The molecule has 0 fully saturated rings.